The zero-order valence-electron chi connectivity index (χ0n) is 17.9. The summed E-state index contributed by atoms with van der Waals surface area (Å²) in [7, 11) is 0. The zero-order chi connectivity index (χ0) is 22.8. The molecule has 33 heavy (non-hydrogen) atoms. The molecule has 0 bridgehead atoms. The van der Waals surface area contributed by atoms with Gasteiger partial charge in [-0.1, -0.05) is 12.1 Å². The third kappa shape index (κ3) is 5.23. The standard InChI is InChI=1S/C23H25FN4O4S/c24-15-3-1-14(2-4-15)10-28-8-7-18-17(11-28)22(30)27-23(26-18)33-12-21(29)25-16-5-6-19-20(9-16)32-13-31-19/h1-6,9,17-18,23,26H,7-8,10-13H2,(H,25,29)(H,27,30). The third-order valence-corrected chi connectivity index (χ3v) is 7.05. The first-order valence-corrected chi connectivity index (χ1v) is 11.9. The summed E-state index contributed by atoms with van der Waals surface area (Å²) in [5.41, 5.74) is 1.35. The van der Waals surface area contributed by atoms with Crippen LogP contribution in [0.15, 0.2) is 42.5 Å². The average molecular weight is 473 g/mol. The fourth-order valence-electron chi connectivity index (χ4n) is 4.37. The molecular formula is C23H25FN4O4S. The summed E-state index contributed by atoms with van der Waals surface area (Å²) in [6.07, 6.45) is 0.833. The lowest BCUT2D eigenvalue weighted by Gasteiger charge is -2.43. The molecule has 2 aromatic rings. The largest absolute Gasteiger partial charge is 0.454 e. The number of hydrogen-bond donors (Lipinski definition) is 3. The molecular weight excluding hydrogens is 447 g/mol. The molecule has 3 aliphatic rings. The number of thioether (sulfide) groups is 1. The van der Waals surface area contributed by atoms with Crippen molar-refractivity contribution in [2.24, 2.45) is 5.92 Å². The predicted molar refractivity (Wildman–Crippen MR) is 122 cm³/mol. The molecule has 8 nitrogen and oxygen atoms in total. The average Bonchev–Trinajstić information content (AvgIpc) is 3.28. The van der Waals surface area contributed by atoms with Crippen LogP contribution in [0.25, 0.3) is 0 Å². The van der Waals surface area contributed by atoms with E-state index < -0.39 is 0 Å². The molecule has 0 aliphatic carbocycles. The number of halogens is 1. The first-order chi connectivity index (χ1) is 16.0. The molecule has 5 rings (SSSR count). The highest BCUT2D eigenvalue weighted by atomic mass is 32.2. The van der Waals surface area contributed by atoms with Gasteiger partial charge in [0.05, 0.1) is 11.7 Å². The topological polar surface area (TPSA) is 91.9 Å². The number of ether oxygens (including phenoxy) is 2. The number of hydrogen-bond acceptors (Lipinski definition) is 7. The summed E-state index contributed by atoms with van der Waals surface area (Å²) in [6.45, 7) is 2.36. The third-order valence-electron chi connectivity index (χ3n) is 6.03. The van der Waals surface area contributed by atoms with Crippen LogP contribution in [0.2, 0.25) is 0 Å². The number of nitrogens with one attached hydrogen (secondary N) is 3. The minimum Gasteiger partial charge on any atom is -0.454 e. The second kappa shape index (κ2) is 9.58. The summed E-state index contributed by atoms with van der Waals surface area (Å²) in [4.78, 5) is 27.4. The Kier molecular flexibility index (Phi) is 6.39. The van der Waals surface area contributed by atoms with Crippen LogP contribution in [0, 0.1) is 11.7 Å². The highest BCUT2D eigenvalue weighted by Crippen LogP contribution is 2.34. The number of rotatable bonds is 6. The van der Waals surface area contributed by atoms with Crippen LogP contribution < -0.4 is 25.4 Å². The number of amides is 2. The molecule has 2 saturated heterocycles. The van der Waals surface area contributed by atoms with Crippen LogP contribution in [0.4, 0.5) is 10.1 Å². The van der Waals surface area contributed by atoms with E-state index in [1.54, 1.807) is 30.3 Å². The van der Waals surface area contributed by atoms with Crippen LogP contribution in [-0.2, 0) is 16.1 Å². The molecule has 0 saturated carbocycles. The van der Waals surface area contributed by atoms with E-state index in [-0.39, 0.29) is 47.6 Å². The fraction of sp³-hybridized carbons (Fsp3) is 0.391. The van der Waals surface area contributed by atoms with Gasteiger partial charge in [-0.25, -0.2) is 4.39 Å². The van der Waals surface area contributed by atoms with E-state index in [2.05, 4.69) is 20.9 Å². The van der Waals surface area contributed by atoms with E-state index in [9.17, 15) is 14.0 Å². The number of likely N-dealkylation sites (tertiary alicyclic amines) is 1. The van der Waals surface area contributed by atoms with Crippen LogP contribution in [0.3, 0.4) is 0 Å². The molecule has 0 radical (unpaired) electrons. The number of carbonyl (C=O) groups is 2. The Hall–Kier alpha value is -2.82. The normalized spacial score (nSPS) is 24.2. The van der Waals surface area contributed by atoms with Crippen molar-refractivity contribution in [3.63, 3.8) is 0 Å². The quantitative estimate of drug-likeness (QED) is 0.593. The summed E-state index contributed by atoms with van der Waals surface area (Å²) in [6, 6.07) is 11.8. The van der Waals surface area contributed by atoms with Gasteiger partial charge in [0.25, 0.3) is 0 Å². The van der Waals surface area contributed by atoms with Crippen molar-refractivity contribution in [3.05, 3.63) is 53.8 Å². The van der Waals surface area contributed by atoms with Crippen molar-refractivity contribution in [1.82, 2.24) is 15.5 Å². The molecule has 3 N–H and O–H groups in total. The Morgan fingerprint density at radius 2 is 2.00 bits per heavy atom. The molecule has 2 fully saturated rings. The maximum absolute atomic E-state index is 13.1. The Balaban J connectivity index is 1.09. The Morgan fingerprint density at radius 3 is 2.85 bits per heavy atom. The number of anilines is 1. The van der Waals surface area contributed by atoms with Crippen LogP contribution >= 0.6 is 11.8 Å². The van der Waals surface area contributed by atoms with Gasteiger partial charge in [-0.15, -0.1) is 11.8 Å². The van der Waals surface area contributed by atoms with E-state index in [1.165, 1.54) is 23.9 Å². The van der Waals surface area contributed by atoms with E-state index >= 15 is 0 Å². The molecule has 3 unspecified atom stereocenters. The van der Waals surface area contributed by atoms with Gasteiger partial charge in [0.1, 0.15) is 11.3 Å². The highest BCUT2D eigenvalue weighted by Gasteiger charge is 2.40. The molecule has 3 atom stereocenters. The number of nitrogens with zero attached hydrogens (tertiary/aromatic N) is 1. The van der Waals surface area contributed by atoms with Gasteiger partial charge >= 0.3 is 0 Å². The minimum atomic E-state index is -0.315. The van der Waals surface area contributed by atoms with Crippen molar-refractivity contribution in [2.45, 2.75) is 24.5 Å². The predicted octanol–water partition coefficient (Wildman–Crippen LogP) is 2.12. The molecule has 0 aromatic heterocycles. The Labute approximate surface area is 195 Å². The molecule has 3 heterocycles. The number of piperidine rings is 1. The second-order valence-electron chi connectivity index (χ2n) is 8.35. The maximum atomic E-state index is 13.1. The molecule has 0 spiro atoms. The lowest BCUT2D eigenvalue weighted by atomic mass is 9.89. The first-order valence-electron chi connectivity index (χ1n) is 10.9. The maximum Gasteiger partial charge on any atom is 0.234 e. The number of benzene rings is 2. The first kappa shape index (κ1) is 22.0. The van der Waals surface area contributed by atoms with Crippen molar-refractivity contribution >= 4 is 29.3 Å². The molecule has 2 aromatic carbocycles. The monoisotopic (exact) mass is 472 g/mol. The van der Waals surface area contributed by atoms with E-state index in [0.29, 0.717) is 30.3 Å². The van der Waals surface area contributed by atoms with Crippen molar-refractivity contribution < 1.29 is 23.5 Å². The summed E-state index contributed by atoms with van der Waals surface area (Å²) < 4.78 is 23.7. The van der Waals surface area contributed by atoms with Crippen LogP contribution in [0.1, 0.15) is 12.0 Å². The molecule has 10 heteroatoms. The summed E-state index contributed by atoms with van der Waals surface area (Å²) in [5.74, 6) is 0.899. The Bertz CT molecular complexity index is 1040. The van der Waals surface area contributed by atoms with Crippen molar-refractivity contribution in [1.29, 1.82) is 0 Å². The van der Waals surface area contributed by atoms with Gasteiger partial charge in [0.15, 0.2) is 11.5 Å². The second-order valence-corrected chi connectivity index (χ2v) is 9.44. The van der Waals surface area contributed by atoms with Gasteiger partial charge in [-0.2, -0.15) is 0 Å². The van der Waals surface area contributed by atoms with Gasteiger partial charge in [-0.05, 0) is 36.2 Å². The van der Waals surface area contributed by atoms with Crippen molar-refractivity contribution in [2.75, 3.05) is 31.0 Å². The molecule has 3 aliphatic heterocycles. The Morgan fingerprint density at radius 1 is 1.18 bits per heavy atom. The van der Waals surface area contributed by atoms with E-state index in [1.807, 2.05) is 0 Å². The van der Waals surface area contributed by atoms with Gasteiger partial charge < -0.3 is 20.1 Å². The highest BCUT2D eigenvalue weighted by molar-refractivity contribution is 8.00. The van der Waals surface area contributed by atoms with Gasteiger partial charge in [0, 0.05) is 37.4 Å². The van der Waals surface area contributed by atoms with E-state index in [4.69, 9.17) is 9.47 Å². The van der Waals surface area contributed by atoms with Crippen molar-refractivity contribution in [3.8, 4) is 11.5 Å². The van der Waals surface area contributed by atoms with Gasteiger partial charge in [-0.3, -0.25) is 19.8 Å². The summed E-state index contributed by atoms with van der Waals surface area (Å²) >= 11 is 1.35. The molecule has 174 valence electrons. The minimum absolute atomic E-state index is 0.00349. The fourth-order valence-corrected chi connectivity index (χ4v) is 5.23. The zero-order valence-corrected chi connectivity index (χ0v) is 18.7. The van der Waals surface area contributed by atoms with Gasteiger partial charge in [0.2, 0.25) is 18.6 Å². The lowest BCUT2D eigenvalue weighted by molar-refractivity contribution is -0.130. The smallest absolute Gasteiger partial charge is 0.234 e. The lowest BCUT2D eigenvalue weighted by Crippen LogP contribution is -2.64. The van der Waals surface area contributed by atoms with Crippen LogP contribution in [-0.4, -0.2) is 53.9 Å². The van der Waals surface area contributed by atoms with Crippen LogP contribution in [0.5, 0.6) is 11.5 Å². The molecule has 2 amide bonds. The van der Waals surface area contributed by atoms with E-state index in [0.717, 1.165) is 18.5 Å². The number of carbonyl (C=O) groups excluding carboxylic acids is 2. The number of fused-ring (bicyclic) bond motifs is 2. The SMILES string of the molecule is O=C(CSC1NC(=O)C2CN(Cc3ccc(F)cc3)CCC2N1)Nc1ccc2c(c1)OCO2. The summed E-state index contributed by atoms with van der Waals surface area (Å²) in [5, 5.41) is 9.30.